The summed E-state index contributed by atoms with van der Waals surface area (Å²) in [5.74, 6) is -0.816. The molecule has 0 aliphatic carbocycles. The van der Waals surface area contributed by atoms with Gasteiger partial charge in [-0.15, -0.1) is 0 Å². The number of nitrogens with zero attached hydrogens (tertiary/aromatic N) is 1. The third-order valence-electron chi connectivity index (χ3n) is 3.66. The highest BCUT2D eigenvalue weighted by Gasteiger charge is 2.40. The molecule has 20 heavy (non-hydrogen) atoms. The first kappa shape index (κ1) is 16.7. The normalized spacial score (nSPS) is 14.2. The van der Waals surface area contributed by atoms with Crippen LogP contribution in [0.1, 0.15) is 32.8 Å². The van der Waals surface area contributed by atoms with E-state index in [2.05, 4.69) is 24.1 Å². The van der Waals surface area contributed by atoms with Gasteiger partial charge in [0.1, 0.15) is 0 Å². The van der Waals surface area contributed by atoms with E-state index < -0.39 is 11.5 Å². The first-order valence-corrected chi connectivity index (χ1v) is 7.37. The van der Waals surface area contributed by atoms with Gasteiger partial charge >= 0.3 is 5.97 Å². The SMILES string of the molecule is CCCNC(CN(CC)CC)(C(=O)O)c1ccccc1. The van der Waals surface area contributed by atoms with Gasteiger partial charge in [0.05, 0.1) is 0 Å². The molecule has 4 heteroatoms. The molecule has 0 fully saturated rings. The molecule has 4 nitrogen and oxygen atoms in total. The van der Waals surface area contributed by atoms with Crippen LogP contribution in [-0.4, -0.2) is 42.2 Å². The van der Waals surface area contributed by atoms with E-state index in [1.807, 2.05) is 37.3 Å². The van der Waals surface area contributed by atoms with Gasteiger partial charge in [0.2, 0.25) is 0 Å². The minimum atomic E-state index is -1.04. The Hall–Kier alpha value is -1.39. The molecular weight excluding hydrogens is 252 g/mol. The fourth-order valence-electron chi connectivity index (χ4n) is 2.36. The van der Waals surface area contributed by atoms with Crippen molar-refractivity contribution >= 4 is 5.97 Å². The zero-order valence-corrected chi connectivity index (χ0v) is 12.7. The second-order valence-electron chi connectivity index (χ2n) is 4.96. The van der Waals surface area contributed by atoms with Crippen molar-refractivity contribution in [3.63, 3.8) is 0 Å². The van der Waals surface area contributed by atoms with Crippen LogP contribution in [0.3, 0.4) is 0 Å². The summed E-state index contributed by atoms with van der Waals surface area (Å²) in [5, 5.41) is 13.1. The average molecular weight is 278 g/mol. The number of carboxylic acid groups (broad SMARTS) is 1. The Morgan fingerprint density at radius 2 is 1.80 bits per heavy atom. The monoisotopic (exact) mass is 278 g/mol. The molecule has 2 N–H and O–H groups in total. The molecule has 0 saturated heterocycles. The zero-order chi connectivity index (χ0) is 15.0. The molecule has 1 atom stereocenters. The maximum atomic E-state index is 12.0. The fourth-order valence-corrected chi connectivity index (χ4v) is 2.36. The third-order valence-corrected chi connectivity index (χ3v) is 3.66. The highest BCUT2D eigenvalue weighted by Crippen LogP contribution is 2.23. The second kappa shape index (κ2) is 8.02. The van der Waals surface area contributed by atoms with E-state index in [0.29, 0.717) is 13.1 Å². The van der Waals surface area contributed by atoms with E-state index >= 15 is 0 Å². The molecule has 112 valence electrons. The van der Waals surface area contributed by atoms with Crippen LogP contribution in [0.15, 0.2) is 30.3 Å². The van der Waals surface area contributed by atoms with Crippen LogP contribution >= 0.6 is 0 Å². The van der Waals surface area contributed by atoms with E-state index in [-0.39, 0.29) is 0 Å². The third kappa shape index (κ3) is 3.81. The van der Waals surface area contributed by atoms with Crippen molar-refractivity contribution < 1.29 is 9.90 Å². The first-order valence-electron chi connectivity index (χ1n) is 7.37. The largest absolute Gasteiger partial charge is 0.480 e. The molecule has 0 saturated carbocycles. The molecule has 0 aliphatic heterocycles. The van der Waals surface area contributed by atoms with Crippen molar-refractivity contribution in [2.45, 2.75) is 32.7 Å². The molecule has 0 radical (unpaired) electrons. The van der Waals surface area contributed by atoms with E-state index in [9.17, 15) is 9.90 Å². The van der Waals surface area contributed by atoms with Crippen molar-refractivity contribution in [3.8, 4) is 0 Å². The summed E-state index contributed by atoms with van der Waals surface area (Å²) in [7, 11) is 0. The predicted molar refractivity (Wildman–Crippen MR) is 81.8 cm³/mol. The van der Waals surface area contributed by atoms with Gasteiger partial charge in [-0.05, 0) is 31.6 Å². The van der Waals surface area contributed by atoms with Crippen molar-refractivity contribution in [2.75, 3.05) is 26.2 Å². The molecule has 1 aromatic rings. The topological polar surface area (TPSA) is 52.6 Å². The van der Waals surface area contributed by atoms with Crippen LogP contribution in [0, 0.1) is 0 Å². The van der Waals surface area contributed by atoms with Gasteiger partial charge in [0, 0.05) is 6.54 Å². The minimum absolute atomic E-state index is 0.472. The number of hydrogen-bond donors (Lipinski definition) is 2. The molecule has 0 aromatic heterocycles. The van der Waals surface area contributed by atoms with Gasteiger partial charge in [-0.3, -0.25) is 5.32 Å². The lowest BCUT2D eigenvalue weighted by molar-refractivity contribution is -0.146. The van der Waals surface area contributed by atoms with Crippen LogP contribution in [0.4, 0.5) is 0 Å². The number of likely N-dealkylation sites (N-methyl/N-ethyl adjacent to an activating group) is 1. The molecule has 0 heterocycles. The molecule has 1 unspecified atom stereocenters. The average Bonchev–Trinajstić information content (AvgIpc) is 2.48. The summed E-state index contributed by atoms with van der Waals surface area (Å²) in [5.41, 5.74) is -0.226. The Morgan fingerprint density at radius 3 is 2.25 bits per heavy atom. The standard InChI is InChI=1S/C16H26N2O2/c1-4-12-17-16(15(19)20,13-18(5-2)6-3)14-10-8-7-9-11-14/h7-11,17H,4-6,12-13H2,1-3H3,(H,19,20). The van der Waals surface area contributed by atoms with Crippen molar-refractivity contribution in [1.29, 1.82) is 0 Å². The van der Waals surface area contributed by atoms with Crippen LogP contribution in [0.5, 0.6) is 0 Å². The highest BCUT2D eigenvalue weighted by molar-refractivity contribution is 5.81. The maximum Gasteiger partial charge on any atom is 0.329 e. The summed E-state index contributed by atoms with van der Waals surface area (Å²) in [4.78, 5) is 14.1. The first-order chi connectivity index (χ1) is 9.60. The van der Waals surface area contributed by atoms with E-state index in [0.717, 1.165) is 25.1 Å². The Kier molecular flexibility index (Phi) is 6.68. The number of carbonyl (C=O) groups is 1. The Labute approximate surface area is 121 Å². The number of hydrogen-bond acceptors (Lipinski definition) is 3. The van der Waals surface area contributed by atoms with Gasteiger partial charge in [-0.2, -0.15) is 0 Å². The highest BCUT2D eigenvalue weighted by atomic mass is 16.4. The zero-order valence-electron chi connectivity index (χ0n) is 12.7. The molecule has 0 aliphatic rings. The van der Waals surface area contributed by atoms with E-state index in [1.54, 1.807) is 0 Å². The lowest BCUT2D eigenvalue weighted by atomic mass is 9.88. The maximum absolute atomic E-state index is 12.0. The van der Waals surface area contributed by atoms with Crippen LogP contribution < -0.4 is 5.32 Å². The molecule has 0 spiro atoms. The summed E-state index contributed by atoms with van der Waals surface area (Å²) < 4.78 is 0. The van der Waals surface area contributed by atoms with E-state index in [1.165, 1.54) is 0 Å². The van der Waals surface area contributed by atoms with Crippen LogP contribution in [0.2, 0.25) is 0 Å². The van der Waals surface area contributed by atoms with Crippen LogP contribution in [-0.2, 0) is 10.3 Å². The summed E-state index contributed by atoms with van der Waals surface area (Å²) in [6.45, 7) is 8.99. The summed E-state index contributed by atoms with van der Waals surface area (Å²) in [6.07, 6.45) is 0.903. The smallest absolute Gasteiger partial charge is 0.329 e. The Balaban J connectivity index is 3.17. The van der Waals surface area contributed by atoms with Gasteiger partial charge in [-0.25, -0.2) is 4.79 Å². The summed E-state index contributed by atoms with van der Waals surface area (Å²) >= 11 is 0. The number of nitrogens with one attached hydrogen (secondary N) is 1. The predicted octanol–water partition coefficient (Wildman–Crippen LogP) is 2.31. The Bertz CT molecular complexity index is 404. The van der Waals surface area contributed by atoms with Gasteiger partial charge in [-0.1, -0.05) is 51.1 Å². The number of rotatable bonds is 9. The van der Waals surface area contributed by atoms with Crippen molar-refractivity contribution in [1.82, 2.24) is 10.2 Å². The quantitative estimate of drug-likeness (QED) is 0.728. The molecule has 1 rings (SSSR count). The lowest BCUT2D eigenvalue weighted by Crippen LogP contribution is -2.56. The van der Waals surface area contributed by atoms with Crippen molar-refractivity contribution in [3.05, 3.63) is 35.9 Å². The van der Waals surface area contributed by atoms with Gasteiger partial charge in [0.15, 0.2) is 5.54 Å². The van der Waals surface area contributed by atoms with Crippen LogP contribution in [0.25, 0.3) is 0 Å². The second-order valence-corrected chi connectivity index (χ2v) is 4.96. The lowest BCUT2D eigenvalue weighted by Gasteiger charge is -2.35. The summed E-state index contributed by atoms with van der Waals surface area (Å²) in [6, 6.07) is 9.47. The van der Waals surface area contributed by atoms with Gasteiger partial charge < -0.3 is 10.0 Å². The molecule has 1 aromatic carbocycles. The minimum Gasteiger partial charge on any atom is -0.480 e. The fraction of sp³-hybridized carbons (Fsp3) is 0.562. The van der Waals surface area contributed by atoms with Gasteiger partial charge in [0.25, 0.3) is 0 Å². The number of carboxylic acids is 1. The molecule has 0 amide bonds. The molecular formula is C16H26N2O2. The number of benzene rings is 1. The Morgan fingerprint density at radius 1 is 1.20 bits per heavy atom. The van der Waals surface area contributed by atoms with Crippen molar-refractivity contribution in [2.24, 2.45) is 0 Å². The van der Waals surface area contributed by atoms with E-state index in [4.69, 9.17) is 0 Å². The molecule has 0 bridgehead atoms. The number of aliphatic carboxylic acids is 1.